The molecular weight excluding hydrogens is 194 g/mol. The van der Waals surface area contributed by atoms with Crippen LogP contribution in [0.4, 0.5) is 0 Å². The number of hydrogen-bond donors (Lipinski definition) is 0. The number of benzene rings is 1. The largest absolute Gasteiger partial charge is 0.537 e. The van der Waals surface area contributed by atoms with Gasteiger partial charge in [-0.25, -0.2) is 0 Å². The molecule has 0 radical (unpaired) electrons. The van der Waals surface area contributed by atoms with Crippen LogP contribution in [-0.2, 0) is 0 Å². The van der Waals surface area contributed by atoms with Crippen molar-refractivity contribution in [2.45, 2.75) is 6.92 Å². The van der Waals surface area contributed by atoms with E-state index in [4.69, 9.17) is 0 Å². The summed E-state index contributed by atoms with van der Waals surface area (Å²) in [6, 6.07) is 7.61. The predicted molar refractivity (Wildman–Crippen MR) is 49.1 cm³/mol. The second-order valence-corrected chi connectivity index (χ2v) is 3.31. The van der Waals surface area contributed by atoms with Crippen LogP contribution in [0.3, 0.4) is 0 Å². The minimum Gasteiger partial charge on any atom is -0.537 e. The van der Waals surface area contributed by atoms with Gasteiger partial charge in [-0.05, 0) is 22.4 Å². The van der Waals surface area contributed by atoms with Gasteiger partial charge in [-0.2, -0.15) is 0 Å². The first-order chi connectivity index (χ1) is 7.27. The van der Waals surface area contributed by atoms with Crippen molar-refractivity contribution in [1.29, 1.82) is 0 Å². The number of rotatable bonds is 0. The molecule has 0 aliphatic carbocycles. The van der Waals surface area contributed by atoms with Gasteiger partial charge in [0.25, 0.3) is 0 Å². The van der Waals surface area contributed by atoms with Gasteiger partial charge in [-0.3, -0.25) is 0 Å². The molecule has 0 N–H and O–H groups in total. The van der Waals surface area contributed by atoms with E-state index in [1.54, 1.807) is 0 Å². The fourth-order valence-electron chi connectivity index (χ4n) is 1.68. The molecule has 0 spiro atoms. The average molecular weight is 201 g/mol. The van der Waals surface area contributed by atoms with Crippen molar-refractivity contribution in [2.24, 2.45) is 0 Å². The Morgan fingerprint density at radius 1 is 1.33 bits per heavy atom. The lowest BCUT2D eigenvalue weighted by Gasteiger charge is -1.94. The van der Waals surface area contributed by atoms with Crippen molar-refractivity contribution in [3.63, 3.8) is 0 Å². The molecular formula is C10H7N3O2. The fourth-order valence-corrected chi connectivity index (χ4v) is 1.68. The highest BCUT2D eigenvalue weighted by molar-refractivity contribution is 5.78. The Labute approximate surface area is 84.6 Å². The van der Waals surface area contributed by atoms with Crippen LogP contribution in [0, 0.1) is 6.92 Å². The van der Waals surface area contributed by atoms with Crippen LogP contribution in [0.25, 0.3) is 16.6 Å². The fraction of sp³-hybridized carbons (Fsp3) is 0.100. The summed E-state index contributed by atoms with van der Waals surface area (Å²) < 4.78 is 5.99. The molecule has 0 unspecified atom stereocenters. The average Bonchev–Trinajstić information content (AvgIpc) is 2.62. The highest BCUT2D eigenvalue weighted by atomic mass is 16.6. The van der Waals surface area contributed by atoms with Gasteiger partial charge in [-0.1, -0.05) is 16.6 Å². The molecule has 2 aromatic heterocycles. The minimum absolute atomic E-state index is 0.228. The molecule has 0 fully saturated rings. The highest BCUT2D eigenvalue weighted by Gasteiger charge is 2.16. The summed E-state index contributed by atoms with van der Waals surface area (Å²) in [6.45, 7) is 1.86. The molecule has 3 aromatic rings. The monoisotopic (exact) mass is 201 g/mol. The van der Waals surface area contributed by atoms with E-state index >= 15 is 0 Å². The molecule has 0 amide bonds. The Morgan fingerprint density at radius 3 is 3.00 bits per heavy atom. The molecule has 3 rings (SSSR count). The quantitative estimate of drug-likeness (QED) is 0.492. The number of fused-ring (bicyclic) bond motifs is 3. The molecule has 2 heterocycles. The van der Waals surface area contributed by atoms with Gasteiger partial charge in [-0.15, -0.1) is 0 Å². The van der Waals surface area contributed by atoms with Crippen LogP contribution in [-0.4, -0.2) is 10.3 Å². The SMILES string of the molecule is Cc1nc2c([O-])on[n+]2c2ccccc12. The van der Waals surface area contributed by atoms with Crippen molar-refractivity contribution >= 4 is 16.6 Å². The Morgan fingerprint density at radius 2 is 2.13 bits per heavy atom. The maximum Gasteiger partial charge on any atom is 0.374 e. The summed E-state index contributed by atoms with van der Waals surface area (Å²) in [7, 11) is 0. The third-order valence-electron chi connectivity index (χ3n) is 2.38. The van der Waals surface area contributed by atoms with Crippen LogP contribution in [0.1, 0.15) is 5.69 Å². The summed E-state index contributed by atoms with van der Waals surface area (Å²) in [4.78, 5) is 4.16. The Balaban J connectivity index is 2.65. The van der Waals surface area contributed by atoms with Crippen LogP contribution < -0.4 is 9.62 Å². The summed E-state index contributed by atoms with van der Waals surface area (Å²) in [5, 5.41) is 15.9. The molecule has 0 bridgehead atoms. The zero-order chi connectivity index (χ0) is 10.4. The summed E-state index contributed by atoms with van der Waals surface area (Å²) in [5.74, 6) is -0.510. The molecule has 5 nitrogen and oxygen atoms in total. The molecule has 1 aromatic carbocycles. The third kappa shape index (κ3) is 0.999. The van der Waals surface area contributed by atoms with Crippen molar-refractivity contribution in [2.75, 3.05) is 0 Å². The Kier molecular flexibility index (Phi) is 1.45. The van der Waals surface area contributed by atoms with Crippen LogP contribution in [0.2, 0.25) is 0 Å². The maximum atomic E-state index is 11.3. The van der Waals surface area contributed by atoms with E-state index in [1.807, 2.05) is 31.2 Å². The smallest absolute Gasteiger partial charge is 0.374 e. The third-order valence-corrected chi connectivity index (χ3v) is 2.38. The molecule has 0 atom stereocenters. The van der Waals surface area contributed by atoms with Crippen LogP contribution in [0.15, 0.2) is 28.8 Å². The lowest BCUT2D eigenvalue weighted by molar-refractivity contribution is -0.570. The van der Waals surface area contributed by atoms with Crippen LogP contribution >= 0.6 is 0 Å². The number of aromatic nitrogens is 3. The molecule has 0 saturated heterocycles. The van der Waals surface area contributed by atoms with Crippen molar-refractivity contribution in [3.05, 3.63) is 30.0 Å². The first kappa shape index (κ1) is 8.16. The molecule has 74 valence electrons. The van der Waals surface area contributed by atoms with E-state index in [9.17, 15) is 5.11 Å². The standard InChI is InChI=1S/C10H7N3O2/c1-6-7-4-2-3-5-8(7)13-9(11-6)10(14)15-12-13/h2-5H,1H3. The van der Waals surface area contributed by atoms with Gasteiger partial charge in [0.2, 0.25) is 0 Å². The molecule has 0 aliphatic heterocycles. The van der Waals surface area contributed by atoms with Gasteiger partial charge < -0.3 is 9.63 Å². The van der Waals surface area contributed by atoms with Gasteiger partial charge in [0.15, 0.2) is 17.2 Å². The maximum absolute atomic E-state index is 11.3. The van der Waals surface area contributed by atoms with Gasteiger partial charge in [0.05, 0.1) is 5.39 Å². The lowest BCUT2D eigenvalue weighted by Crippen LogP contribution is -2.25. The Hall–Kier alpha value is -2.17. The van der Waals surface area contributed by atoms with E-state index in [0.717, 1.165) is 16.6 Å². The zero-order valence-corrected chi connectivity index (χ0v) is 7.97. The van der Waals surface area contributed by atoms with Crippen molar-refractivity contribution < 1.29 is 14.1 Å². The number of para-hydroxylation sites is 1. The minimum atomic E-state index is -0.510. The predicted octanol–water partition coefficient (Wildman–Crippen LogP) is 0.344. The lowest BCUT2D eigenvalue weighted by atomic mass is 10.2. The zero-order valence-electron chi connectivity index (χ0n) is 7.97. The van der Waals surface area contributed by atoms with Crippen molar-refractivity contribution in [3.8, 4) is 5.95 Å². The van der Waals surface area contributed by atoms with Crippen molar-refractivity contribution in [1.82, 2.24) is 10.3 Å². The number of nitrogens with zero attached hydrogens (tertiary/aromatic N) is 3. The van der Waals surface area contributed by atoms with Gasteiger partial charge in [0.1, 0.15) is 0 Å². The van der Waals surface area contributed by atoms with Gasteiger partial charge in [0, 0.05) is 6.92 Å². The topological polar surface area (TPSA) is 66.1 Å². The molecule has 0 saturated carbocycles. The van der Waals surface area contributed by atoms with Crippen LogP contribution in [0.5, 0.6) is 5.95 Å². The van der Waals surface area contributed by atoms with E-state index in [2.05, 4.69) is 14.8 Å². The van der Waals surface area contributed by atoms with E-state index in [1.165, 1.54) is 4.52 Å². The first-order valence-electron chi connectivity index (χ1n) is 4.51. The molecule has 5 heteroatoms. The second-order valence-electron chi connectivity index (χ2n) is 3.31. The van der Waals surface area contributed by atoms with Gasteiger partial charge >= 0.3 is 5.65 Å². The Bertz CT molecular complexity index is 660. The normalized spacial score (nSPS) is 11.3. The summed E-state index contributed by atoms with van der Waals surface area (Å²) in [5.41, 5.74) is 1.85. The highest BCUT2D eigenvalue weighted by Crippen LogP contribution is 2.16. The summed E-state index contributed by atoms with van der Waals surface area (Å²) >= 11 is 0. The van der Waals surface area contributed by atoms with E-state index < -0.39 is 5.95 Å². The summed E-state index contributed by atoms with van der Waals surface area (Å²) in [6.07, 6.45) is 0. The molecule has 0 aliphatic rings. The first-order valence-corrected chi connectivity index (χ1v) is 4.51. The number of aryl methyl sites for hydroxylation is 1. The molecule has 15 heavy (non-hydrogen) atoms. The van der Waals surface area contributed by atoms with E-state index in [-0.39, 0.29) is 5.65 Å². The second kappa shape index (κ2) is 2.66. The number of hydrogen-bond acceptors (Lipinski definition) is 4. The van der Waals surface area contributed by atoms with E-state index in [0.29, 0.717) is 0 Å².